The van der Waals surface area contributed by atoms with Crippen LogP contribution in [0.15, 0.2) is 53.1 Å². The van der Waals surface area contributed by atoms with Crippen LogP contribution >= 0.6 is 11.8 Å². The van der Waals surface area contributed by atoms with Crippen LogP contribution in [0.25, 0.3) is 0 Å². The van der Waals surface area contributed by atoms with E-state index in [1.807, 2.05) is 47.4 Å². The number of furan rings is 1. The second kappa shape index (κ2) is 6.83. The van der Waals surface area contributed by atoms with Gasteiger partial charge in [-0.15, -0.1) is 11.8 Å². The molecule has 2 amide bonds. The van der Waals surface area contributed by atoms with Gasteiger partial charge >= 0.3 is 0 Å². The standard InChI is InChI=1S/C20H22N2O3S/c1-20-10-9-18(23)22(20)17(14-26-20)19(24)21(13-16-8-5-11-25-16)12-15-6-3-2-4-7-15/h2-8,11,17H,9-10,12-14H2,1H3. The summed E-state index contributed by atoms with van der Waals surface area (Å²) in [6.07, 6.45) is 2.97. The normalized spacial score (nSPS) is 24.7. The van der Waals surface area contributed by atoms with E-state index in [1.165, 1.54) is 0 Å². The highest BCUT2D eigenvalue weighted by molar-refractivity contribution is 8.01. The fourth-order valence-corrected chi connectivity index (χ4v) is 5.24. The number of fused-ring (bicyclic) bond motifs is 1. The predicted octanol–water partition coefficient (Wildman–Crippen LogP) is 3.26. The molecule has 2 saturated heterocycles. The van der Waals surface area contributed by atoms with Crippen molar-refractivity contribution in [1.82, 2.24) is 9.80 Å². The van der Waals surface area contributed by atoms with Crippen LogP contribution in [0.4, 0.5) is 0 Å². The van der Waals surface area contributed by atoms with E-state index < -0.39 is 6.04 Å². The largest absolute Gasteiger partial charge is 0.467 e. The van der Waals surface area contributed by atoms with Crippen LogP contribution in [0.2, 0.25) is 0 Å². The first-order valence-corrected chi connectivity index (χ1v) is 9.87. The van der Waals surface area contributed by atoms with Gasteiger partial charge in [-0.05, 0) is 31.0 Å². The van der Waals surface area contributed by atoms with E-state index in [2.05, 4.69) is 6.92 Å². The minimum atomic E-state index is -0.390. The number of hydrogen-bond donors (Lipinski definition) is 0. The molecule has 2 aromatic rings. The third-order valence-corrected chi connectivity index (χ3v) is 6.69. The van der Waals surface area contributed by atoms with Crippen molar-refractivity contribution in [2.24, 2.45) is 0 Å². The quantitative estimate of drug-likeness (QED) is 0.811. The van der Waals surface area contributed by atoms with Gasteiger partial charge < -0.3 is 14.2 Å². The van der Waals surface area contributed by atoms with Gasteiger partial charge in [0.25, 0.3) is 0 Å². The van der Waals surface area contributed by atoms with Gasteiger partial charge in [-0.25, -0.2) is 0 Å². The molecule has 136 valence electrons. The molecule has 6 heteroatoms. The summed E-state index contributed by atoms with van der Waals surface area (Å²) in [7, 11) is 0. The molecule has 0 aliphatic carbocycles. The first-order valence-electron chi connectivity index (χ1n) is 8.88. The van der Waals surface area contributed by atoms with E-state index >= 15 is 0 Å². The van der Waals surface area contributed by atoms with E-state index in [9.17, 15) is 9.59 Å². The highest BCUT2D eigenvalue weighted by Crippen LogP contribution is 2.47. The van der Waals surface area contributed by atoms with Crippen molar-refractivity contribution < 1.29 is 14.0 Å². The lowest BCUT2D eigenvalue weighted by atomic mass is 10.1. The SMILES string of the molecule is CC12CCC(=O)N1C(C(=O)N(Cc1ccccc1)Cc1ccco1)CS2. The van der Waals surface area contributed by atoms with E-state index in [4.69, 9.17) is 4.42 Å². The Balaban J connectivity index is 1.58. The Morgan fingerprint density at radius 2 is 2.08 bits per heavy atom. The fourth-order valence-electron chi connectivity index (χ4n) is 3.82. The van der Waals surface area contributed by atoms with Gasteiger partial charge in [-0.2, -0.15) is 0 Å². The number of carbonyl (C=O) groups is 2. The average Bonchev–Trinajstić information content (AvgIpc) is 3.33. The van der Waals surface area contributed by atoms with Gasteiger partial charge in [0.1, 0.15) is 11.8 Å². The number of hydrogen-bond acceptors (Lipinski definition) is 4. The molecule has 2 atom stereocenters. The monoisotopic (exact) mass is 370 g/mol. The number of carbonyl (C=O) groups excluding carboxylic acids is 2. The second-order valence-electron chi connectivity index (χ2n) is 7.02. The highest BCUT2D eigenvalue weighted by atomic mass is 32.2. The summed E-state index contributed by atoms with van der Waals surface area (Å²) in [4.78, 5) is 29.2. The molecule has 0 radical (unpaired) electrons. The predicted molar refractivity (Wildman–Crippen MR) is 100 cm³/mol. The fraction of sp³-hybridized carbons (Fsp3) is 0.400. The number of benzene rings is 1. The van der Waals surface area contributed by atoms with Gasteiger partial charge in [-0.3, -0.25) is 9.59 Å². The highest BCUT2D eigenvalue weighted by Gasteiger charge is 2.53. The van der Waals surface area contributed by atoms with Crippen LogP contribution in [0.3, 0.4) is 0 Å². The molecule has 1 aromatic heterocycles. The Labute approximate surface area is 157 Å². The van der Waals surface area contributed by atoms with Crippen molar-refractivity contribution >= 4 is 23.6 Å². The zero-order valence-electron chi connectivity index (χ0n) is 14.8. The maximum atomic E-state index is 13.4. The Bertz CT molecular complexity index is 793. The average molecular weight is 370 g/mol. The molecular weight excluding hydrogens is 348 g/mol. The van der Waals surface area contributed by atoms with Gasteiger partial charge in [-0.1, -0.05) is 30.3 Å². The molecule has 4 rings (SSSR count). The van der Waals surface area contributed by atoms with Crippen LogP contribution in [0, 0.1) is 0 Å². The first kappa shape index (κ1) is 17.2. The van der Waals surface area contributed by atoms with Crippen LogP contribution in [0.1, 0.15) is 31.1 Å². The molecule has 26 heavy (non-hydrogen) atoms. The van der Waals surface area contributed by atoms with E-state index in [0.29, 0.717) is 25.3 Å². The lowest BCUT2D eigenvalue weighted by Gasteiger charge is -2.33. The first-order chi connectivity index (χ1) is 12.6. The molecule has 3 heterocycles. The molecule has 2 fully saturated rings. The van der Waals surface area contributed by atoms with E-state index in [1.54, 1.807) is 22.9 Å². The van der Waals surface area contributed by atoms with E-state index in [-0.39, 0.29) is 16.7 Å². The minimum absolute atomic E-state index is 0.00303. The lowest BCUT2D eigenvalue weighted by Crippen LogP contribution is -2.51. The molecule has 0 bridgehead atoms. The maximum Gasteiger partial charge on any atom is 0.247 e. The number of rotatable bonds is 5. The number of thioether (sulfide) groups is 1. The van der Waals surface area contributed by atoms with Crippen molar-refractivity contribution in [2.45, 2.75) is 43.8 Å². The Kier molecular flexibility index (Phi) is 4.53. The summed E-state index contributed by atoms with van der Waals surface area (Å²) >= 11 is 1.72. The zero-order chi connectivity index (χ0) is 18.1. The van der Waals surface area contributed by atoms with Gasteiger partial charge in [0.05, 0.1) is 17.7 Å². The summed E-state index contributed by atoms with van der Waals surface area (Å²) in [6.45, 7) is 2.98. The molecule has 0 spiro atoms. The summed E-state index contributed by atoms with van der Waals surface area (Å²) in [5.41, 5.74) is 1.06. The van der Waals surface area contributed by atoms with Crippen LogP contribution in [-0.4, -0.2) is 38.3 Å². The molecule has 2 unspecified atom stereocenters. The third-order valence-electron chi connectivity index (χ3n) is 5.18. The summed E-state index contributed by atoms with van der Waals surface area (Å²) in [5.74, 6) is 1.49. The summed E-state index contributed by atoms with van der Waals surface area (Å²) in [6, 6.07) is 13.2. The van der Waals surface area contributed by atoms with Crippen LogP contribution in [-0.2, 0) is 22.7 Å². The topological polar surface area (TPSA) is 53.8 Å². The van der Waals surface area contributed by atoms with Crippen molar-refractivity contribution in [3.63, 3.8) is 0 Å². The smallest absolute Gasteiger partial charge is 0.247 e. The zero-order valence-corrected chi connectivity index (χ0v) is 15.6. The van der Waals surface area contributed by atoms with Crippen molar-refractivity contribution in [1.29, 1.82) is 0 Å². The third kappa shape index (κ3) is 3.14. The Morgan fingerprint density at radius 1 is 1.27 bits per heavy atom. The van der Waals surface area contributed by atoms with Gasteiger partial charge in [0, 0.05) is 18.7 Å². The summed E-state index contributed by atoms with van der Waals surface area (Å²) in [5, 5.41) is 0. The molecule has 2 aliphatic heterocycles. The molecule has 0 N–H and O–H groups in total. The number of nitrogens with zero attached hydrogens (tertiary/aromatic N) is 2. The molecule has 2 aliphatic rings. The molecule has 5 nitrogen and oxygen atoms in total. The number of amides is 2. The maximum absolute atomic E-state index is 13.4. The van der Waals surface area contributed by atoms with Crippen LogP contribution in [0.5, 0.6) is 0 Å². The van der Waals surface area contributed by atoms with Crippen LogP contribution < -0.4 is 0 Å². The minimum Gasteiger partial charge on any atom is -0.467 e. The van der Waals surface area contributed by atoms with Gasteiger partial charge in [0.15, 0.2) is 0 Å². The molecule has 0 saturated carbocycles. The molecular formula is C20H22N2O3S. The van der Waals surface area contributed by atoms with Crippen molar-refractivity contribution in [3.05, 3.63) is 60.1 Å². The van der Waals surface area contributed by atoms with Crippen molar-refractivity contribution in [2.75, 3.05) is 5.75 Å². The van der Waals surface area contributed by atoms with Crippen molar-refractivity contribution in [3.8, 4) is 0 Å². The molecule has 1 aromatic carbocycles. The van der Waals surface area contributed by atoms with E-state index in [0.717, 1.165) is 17.7 Å². The lowest BCUT2D eigenvalue weighted by molar-refractivity contribution is -0.144. The Morgan fingerprint density at radius 3 is 2.81 bits per heavy atom. The van der Waals surface area contributed by atoms with Gasteiger partial charge in [0.2, 0.25) is 11.8 Å². The summed E-state index contributed by atoms with van der Waals surface area (Å²) < 4.78 is 5.46. The second-order valence-corrected chi connectivity index (χ2v) is 8.53. The Hall–Kier alpha value is -2.21.